The zero-order valence-corrected chi connectivity index (χ0v) is 15.9. The number of nitrogens with one attached hydrogen (secondary N) is 2. The summed E-state index contributed by atoms with van der Waals surface area (Å²) >= 11 is 0. The summed E-state index contributed by atoms with van der Waals surface area (Å²) < 4.78 is 1.66. The van der Waals surface area contributed by atoms with E-state index >= 15 is 0 Å². The van der Waals surface area contributed by atoms with Crippen LogP contribution in [0.15, 0.2) is 46.2 Å². The first-order valence-electron chi connectivity index (χ1n) is 9.67. The number of H-pyrrole nitrogens is 1. The second-order valence-corrected chi connectivity index (χ2v) is 7.24. The fraction of sp³-hybridized carbons (Fsp3) is 0.238. The summed E-state index contributed by atoms with van der Waals surface area (Å²) in [6, 6.07) is 8.97. The highest BCUT2D eigenvalue weighted by Crippen LogP contribution is 2.27. The molecule has 0 unspecified atom stereocenters. The van der Waals surface area contributed by atoms with Gasteiger partial charge in [-0.3, -0.25) is 19.3 Å². The first-order valence-corrected chi connectivity index (χ1v) is 9.67. The van der Waals surface area contributed by atoms with Gasteiger partial charge in [0.05, 0.1) is 22.1 Å². The fourth-order valence-electron chi connectivity index (χ4n) is 3.97. The van der Waals surface area contributed by atoms with Gasteiger partial charge in [0.2, 0.25) is 0 Å². The second-order valence-electron chi connectivity index (χ2n) is 7.24. The van der Waals surface area contributed by atoms with Crippen LogP contribution < -0.4 is 16.6 Å². The van der Waals surface area contributed by atoms with Gasteiger partial charge in [0.25, 0.3) is 5.56 Å². The van der Waals surface area contributed by atoms with Crippen LogP contribution in [0.3, 0.4) is 0 Å². The Kier molecular flexibility index (Phi) is 4.34. The Balaban J connectivity index is 1.81. The van der Waals surface area contributed by atoms with Crippen LogP contribution in [0, 0.1) is 11.3 Å². The number of fused-ring (bicyclic) bond motifs is 3. The molecule has 1 saturated heterocycles. The van der Waals surface area contributed by atoms with Gasteiger partial charge in [-0.2, -0.15) is 5.26 Å². The van der Waals surface area contributed by atoms with E-state index in [9.17, 15) is 9.59 Å². The Morgan fingerprint density at radius 1 is 1.07 bits per heavy atom. The Hall–Kier alpha value is -3.90. The molecule has 0 radical (unpaired) electrons. The van der Waals surface area contributed by atoms with E-state index in [2.05, 4.69) is 20.3 Å². The minimum atomic E-state index is -0.471. The third-order valence-electron chi connectivity index (χ3n) is 5.46. The third-order valence-corrected chi connectivity index (χ3v) is 5.46. The van der Waals surface area contributed by atoms with E-state index in [0.717, 1.165) is 31.5 Å². The lowest BCUT2D eigenvalue weighted by Gasteiger charge is -2.26. The molecule has 1 aliphatic heterocycles. The molecule has 9 nitrogen and oxygen atoms in total. The normalized spacial score (nSPS) is 14.8. The van der Waals surface area contributed by atoms with Crippen molar-refractivity contribution in [2.75, 3.05) is 13.1 Å². The highest BCUT2D eigenvalue weighted by molar-refractivity contribution is 6.01. The van der Waals surface area contributed by atoms with Gasteiger partial charge in [0.1, 0.15) is 17.3 Å². The van der Waals surface area contributed by atoms with Crippen molar-refractivity contribution in [1.82, 2.24) is 29.8 Å². The number of nitrogens with zero attached hydrogens (tertiary/aromatic N) is 5. The van der Waals surface area contributed by atoms with Crippen LogP contribution in [0.2, 0.25) is 0 Å². The summed E-state index contributed by atoms with van der Waals surface area (Å²) in [5, 5.41) is 12.6. The largest absolute Gasteiger partial charge is 0.329 e. The number of rotatable bonds is 2. The smallest absolute Gasteiger partial charge is 0.317 e. The Labute approximate surface area is 170 Å². The first kappa shape index (κ1) is 18.1. The number of pyridine rings is 3. The molecule has 1 fully saturated rings. The summed E-state index contributed by atoms with van der Waals surface area (Å²) in [5.74, 6) is 0. The molecule has 5 heterocycles. The highest BCUT2D eigenvalue weighted by atomic mass is 16.2. The number of aromatic amines is 1. The SMILES string of the molecule is N#Cc1ccc(-c2ccc3ncc4c(=O)[nH]c(=O)n(C5CCNCC5)c4c3n2)cn1. The van der Waals surface area contributed by atoms with Crippen molar-refractivity contribution in [3.05, 3.63) is 63.2 Å². The summed E-state index contributed by atoms with van der Waals surface area (Å²) in [7, 11) is 0. The molecule has 148 valence electrons. The number of aromatic nitrogens is 5. The van der Waals surface area contributed by atoms with Crippen molar-refractivity contribution >= 4 is 21.9 Å². The van der Waals surface area contributed by atoms with Gasteiger partial charge in [-0.05, 0) is 50.2 Å². The topological polar surface area (TPSA) is 129 Å². The number of hydrogen-bond acceptors (Lipinski definition) is 7. The van der Waals surface area contributed by atoms with Gasteiger partial charge >= 0.3 is 5.69 Å². The van der Waals surface area contributed by atoms with Gasteiger partial charge < -0.3 is 5.32 Å². The number of hydrogen-bond donors (Lipinski definition) is 2. The second kappa shape index (κ2) is 7.17. The molecule has 0 saturated carbocycles. The average molecular weight is 399 g/mol. The third kappa shape index (κ3) is 2.94. The maximum absolute atomic E-state index is 12.8. The molecule has 2 N–H and O–H groups in total. The first-order chi connectivity index (χ1) is 14.7. The lowest BCUT2D eigenvalue weighted by molar-refractivity contribution is 0.365. The molecule has 0 aliphatic carbocycles. The maximum atomic E-state index is 12.8. The molecule has 5 rings (SSSR count). The minimum Gasteiger partial charge on any atom is -0.317 e. The molecule has 1 aliphatic rings. The van der Waals surface area contributed by atoms with Crippen LogP contribution in [0.4, 0.5) is 0 Å². The molecule has 9 heteroatoms. The molecule has 0 bridgehead atoms. The van der Waals surface area contributed by atoms with E-state index in [0.29, 0.717) is 33.3 Å². The van der Waals surface area contributed by atoms with Crippen molar-refractivity contribution < 1.29 is 0 Å². The number of nitriles is 1. The number of piperidine rings is 1. The Morgan fingerprint density at radius 3 is 2.63 bits per heavy atom. The zero-order chi connectivity index (χ0) is 20.7. The van der Waals surface area contributed by atoms with E-state index in [1.807, 2.05) is 18.2 Å². The maximum Gasteiger partial charge on any atom is 0.329 e. The molecule has 0 amide bonds. The lowest BCUT2D eigenvalue weighted by Crippen LogP contribution is -2.38. The summed E-state index contributed by atoms with van der Waals surface area (Å²) in [5.41, 5.74) is 2.37. The molecular formula is C21H17N7O2. The van der Waals surface area contributed by atoms with Crippen LogP contribution in [-0.4, -0.2) is 37.6 Å². The predicted molar refractivity (Wildman–Crippen MR) is 111 cm³/mol. The fourth-order valence-corrected chi connectivity index (χ4v) is 3.97. The predicted octanol–water partition coefficient (Wildman–Crippen LogP) is 1.49. The van der Waals surface area contributed by atoms with Crippen molar-refractivity contribution in [1.29, 1.82) is 5.26 Å². The molecule has 0 atom stereocenters. The Bertz CT molecular complexity index is 1420. The van der Waals surface area contributed by atoms with Gasteiger partial charge in [0.15, 0.2) is 0 Å². The van der Waals surface area contributed by atoms with E-state index < -0.39 is 11.2 Å². The van der Waals surface area contributed by atoms with Crippen molar-refractivity contribution in [2.45, 2.75) is 18.9 Å². The molecule has 4 aromatic heterocycles. The van der Waals surface area contributed by atoms with E-state index in [4.69, 9.17) is 10.2 Å². The standard InChI is InChI=1S/C21H17N7O2/c22-9-13-2-1-12(10-24-13)16-3-4-17-18(26-16)19-15(11-25-17)20(29)27-21(30)28(19)14-5-7-23-8-6-14/h1-4,10-11,14,23H,5-8H2,(H,27,29,30). The van der Waals surface area contributed by atoms with Crippen LogP contribution in [-0.2, 0) is 0 Å². The van der Waals surface area contributed by atoms with Gasteiger partial charge in [0, 0.05) is 24.0 Å². The zero-order valence-electron chi connectivity index (χ0n) is 15.9. The van der Waals surface area contributed by atoms with E-state index in [-0.39, 0.29) is 6.04 Å². The van der Waals surface area contributed by atoms with Crippen LogP contribution in [0.25, 0.3) is 33.2 Å². The minimum absolute atomic E-state index is 0.0364. The average Bonchev–Trinajstić information content (AvgIpc) is 2.79. The lowest BCUT2D eigenvalue weighted by atomic mass is 10.1. The van der Waals surface area contributed by atoms with Crippen LogP contribution in [0.5, 0.6) is 0 Å². The van der Waals surface area contributed by atoms with E-state index in [1.54, 1.807) is 22.9 Å². The van der Waals surface area contributed by atoms with Crippen LogP contribution in [0.1, 0.15) is 24.6 Å². The summed E-state index contributed by atoms with van der Waals surface area (Å²) in [6.07, 6.45) is 4.64. The van der Waals surface area contributed by atoms with Crippen molar-refractivity contribution in [2.24, 2.45) is 0 Å². The van der Waals surface area contributed by atoms with Crippen molar-refractivity contribution in [3.8, 4) is 17.3 Å². The van der Waals surface area contributed by atoms with Crippen molar-refractivity contribution in [3.63, 3.8) is 0 Å². The molecule has 0 aromatic carbocycles. The van der Waals surface area contributed by atoms with Gasteiger partial charge in [-0.1, -0.05) is 0 Å². The van der Waals surface area contributed by atoms with Gasteiger partial charge in [-0.25, -0.2) is 14.8 Å². The highest BCUT2D eigenvalue weighted by Gasteiger charge is 2.22. The molecule has 30 heavy (non-hydrogen) atoms. The quantitative estimate of drug-likeness (QED) is 0.489. The Morgan fingerprint density at radius 2 is 1.90 bits per heavy atom. The summed E-state index contributed by atoms with van der Waals surface area (Å²) in [4.78, 5) is 41.0. The molecule has 4 aromatic rings. The molecular weight excluding hydrogens is 382 g/mol. The summed E-state index contributed by atoms with van der Waals surface area (Å²) in [6.45, 7) is 1.60. The van der Waals surface area contributed by atoms with Crippen LogP contribution >= 0.6 is 0 Å². The monoisotopic (exact) mass is 399 g/mol. The van der Waals surface area contributed by atoms with Gasteiger partial charge in [-0.15, -0.1) is 0 Å². The van der Waals surface area contributed by atoms with E-state index in [1.165, 1.54) is 6.20 Å². The molecule has 0 spiro atoms.